The van der Waals surface area contributed by atoms with Gasteiger partial charge in [0.25, 0.3) is 0 Å². The molecule has 0 aromatic heterocycles. The predicted molar refractivity (Wildman–Crippen MR) is 196 cm³/mol. The molecule has 0 rings (SSSR count). The Morgan fingerprint density at radius 3 is 0.778 bits per heavy atom. The van der Waals surface area contributed by atoms with E-state index in [4.69, 9.17) is 24.5 Å². The van der Waals surface area contributed by atoms with Crippen LogP contribution in [0.15, 0.2) is 50.6 Å². The quantitative estimate of drug-likeness (QED) is 0.0429. The summed E-state index contributed by atoms with van der Waals surface area (Å²) in [7, 11) is -1.50. The number of rotatable bonds is 24. The fourth-order valence-corrected chi connectivity index (χ4v) is 21.7. The van der Waals surface area contributed by atoms with Crippen LogP contribution in [0.5, 0.6) is 0 Å². The van der Waals surface area contributed by atoms with Gasteiger partial charge in [0.2, 0.25) is 0 Å². The van der Waals surface area contributed by atoms with Crippen molar-refractivity contribution in [3.63, 3.8) is 0 Å². The molecular weight excluding hydrogens is 835 g/mol. The van der Waals surface area contributed by atoms with Gasteiger partial charge in [-0.3, -0.25) is 0 Å². The summed E-state index contributed by atoms with van der Waals surface area (Å²) in [5, 5.41) is 0.519. The van der Waals surface area contributed by atoms with E-state index < -0.39 is 31.5 Å². The summed E-state index contributed by atoms with van der Waals surface area (Å²) in [5.74, 6) is 0. The van der Waals surface area contributed by atoms with E-state index in [1.54, 1.807) is 0 Å². The van der Waals surface area contributed by atoms with E-state index in [0.717, 1.165) is 103 Å². The zero-order valence-corrected chi connectivity index (χ0v) is 43.0. The van der Waals surface area contributed by atoms with Gasteiger partial charge >= 0.3 is 58.4 Å². The molecular formula is C32H60O4P2S4Zn3. The van der Waals surface area contributed by atoms with Crippen molar-refractivity contribution >= 4 is 56.0 Å². The monoisotopic (exact) mass is 890 g/mol. The topological polar surface area (TPSA) is 92.2 Å². The van der Waals surface area contributed by atoms with Crippen LogP contribution in [-0.4, -0.2) is 21.0 Å². The molecule has 0 spiro atoms. The Morgan fingerprint density at radius 2 is 0.667 bits per heavy atom. The standard InChI is InChI=1S/2C16H30O2PS2.3Zn/c2*1-5-9-13-15(11-7-3)21(19(17,18)20)16(12-8-4)14-10-6-2;;;/h2*7-8,15-16H,3-6,9-14H2,1-2H3;;;/q2*-3;3*+2. The van der Waals surface area contributed by atoms with E-state index in [1.807, 2.05) is 24.3 Å². The van der Waals surface area contributed by atoms with Crippen LogP contribution in [0.25, 0.3) is 0 Å². The first kappa shape index (κ1) is 57.3. The molecule has 0 aromatic rings. The van der Waals surface area contributed by atoms with E-state index in [0.29, 0.717) is 0 Å². The summed E-state index contributed by atoms with van der Waals surface area (Å²) in [6.45, 7) is 23.7. The van der Waals surface area contributed by atoms with Gasteiger partial charge < -0.3 is 55.5 Å². The molecule has 0 fully saturated rings. The van der Waals surface area contributed by atoms with Crippen molar-refractivity contribution in [1.29, 1.82) is 0 Å². The van der Waals surface area contributed by atoms with Gasteiger partial charge in [0.1, 0.15) is 0 Å². The maximum atomic E-state index is 12.3. The van der Waals surface area contributed by atoms with Crippen molar-refractivity contribution in [2.75, 3.05) is 0 Å². The molecule has 0 aliphatic heterocycles. The van der Waals surface area contributed by atoms with E-state index in [-0.39, 0.29) is 79.4 Å². The minimum absolute atomic E-state index is 0. The first-order valence-corrected chi connectivity index (χ1v) is 25.0. The molecule has 0 saturated heterocycles. The van der Waals surface area contributed by atoms with Crippen LogP contribution < -0.4 is 19.6 Å². The number of hydrogen-bond donors (Lipinski definition) is 0. The third kappa shape index (κ3) is 27.3. The predicted octanol–water partition coefficient (Wildman–Crippen LogP) is 7.63. The smallest absolute Gasteiger partial charge is 0.854 e. The largest absolute Gasteiger partial charge is 2.00 e. The Morgan fingerprint density at radius 1 is 0.489 bits per heavy atom. The summed E-state index contributed by atoms with van der Waals surface area (Å²) < 4.78 is 0. The maximum Gasteiger partial charge on any atom is 2.00 e. The summed E-state index contributed by atoms with van der Waals surface area (Å²) >= 11 is 9.86. The van der Waals surface area contributed by atoms with Crippen LogP contribution in [0.4, 0.5) is 0 Å². The molecule has 0 aliphatic rings. The third-order valence-electron chi connectivity index (χ3n) is 7.12. The Hall–Kier alpha value is 2.93. The molecule has 0 N–H and O–H groups in total. The van der Waals surface area contributed by atoms with Gasteiger partial charge in [-0.05, 0) is 72.4 Å². The fourth-order valence-electron chi connectivity index (χ4n) is 5.09. The Labute approximate surface area is 332 Å². The van der Waals surface area contributed by atoms with Gasteiger partial charge in [0.15, 0.2) is 0 Å². The summed E-state index contributed by atoms with van der Waals surface area (Å²) in [5.41, 5.74) is -7.52. The van der Waals surface area contributed by atoms with E-state index in [9.17, 15) is 19.6 Å². The van der Waals surface area contributed by atoms with Crippen molar-refractivity contribution in [2.24, 2.45) is 0 Å². The first-order valence-electron chi connectivity index (χ1n) is 15.8. The molecule has 0 radical (unpaired) electrons. The molecule has 0 amide bonds. The Balaban J connectivity index is -0.000000222. The van der Waals surface area contributed by atoms with Crippen molar-refractivity contribution in [3.05, 3.63) is 50.6 Å². The van der Waals surface area contributed by atoms with Crippen molar-refractivity contribution < 1.29 is 78.0 Å². The van der Waals surface area contributed by atoms with Crippen LogP contribution in [-0.2, 0) is 103 Å². The normalized spacial score (nSPS) is 15.2. The van der Waals surface area contributed by atoms with Gasteiger partial charge in [-0.15, -0.1) is 26.3 Å². The minimum atomic E-state index is -3.76. The average Bonchev–Trinajstić information content (AvgIpc) is 2.91. The van der Waals surface area contributed by atoms with E-state index in [2.05, 4.69) is 54.0 Å². The molecule has 45 heavy (non-hydrogen) atoms. The molecule has 0 aromatic carbocycles. The van der Waals surface area contributed by atoms with Gasteiger partial charge in [0, 0.05) is 0 Å². The van der Waals surface area contributed by atoms with Crippen LogP contribution >= 0.6 is 11.4 Å². The molecule has 4 nitrogen and oxygen atoms in total. The molecule has 4 atom stereocenters. The van der Waals surface area contributed by atoms with Crippen LogP contribution in [0, 0.1) is 0 Å². The van der Waals surface area contributed by atoms with Crippen molar-refractivity contribution in [3.8, 4) is 0 Å². The van der Waals surface area contributed by atoms with Crippen molar-refractivity contribution in [1.82, 2.24) is 0 Å². The Kier molecular flexibility index (Phi) is 45.0. The Bertz CT molecular complexity index is 748. The SMILES string of the molecule is C=CCC(CCCC)S(C(CC=C)CCCC)=P([O-])([O-])[S-].C=CCC(CCCC)S(C(CC=C)CCCC)=P([O-])([O-])[S-].[Zn+2].[Zn+2].[Zn+2]. The third-order valence-corrected chi connectivity index (χ3v) is 22.4. The summed E-state index contributed by atoms with van der Waals surface area (Å²) in [6, 6.07) is 0. The maximum absolute atomic E-state index is 12.3. The average molecular weight is 895 g/mol. The molecule has 13 heteroatoms. The van der Waals surface area contributed by atoms with E-state index >= 15 is 0 Å². The summed E-state index contributed by atoms with van der Waals surface area (Å²) in [6.07, 6.45) is 22.5. The van der Waals surface area contributed by atoms with Gasteiger partial charge in [-0.1, -0.05) is 103 Å². The van der Waals surface area contributed by atoms with Gasteiger partial charge in [-0.2, -0.15) is 0 Å². The zero-order chi connectivity index (χ0) is 32.6. The molecule has 4 unspecified atom stereocenters. The van der Waals surface area contributed by atoms with Crippen molar-refractivity contribution in [2.45, 2.75) is 151 Å². The first-order chi connectivity index (χ1) is 19.8. The van der Waals surface area contributed by atoms with E-state index in [1.165, 1.54) is 0 Å². The number of hydrogen-bond acceptors (Lipinski definition) is 6. The molecule has 0 aliphatic carbocycles. The van der Waals surface area contributed by atoms with Crippen LogP contribution in [0.3, 0.4) is 0 Å². The summed E-state index contributed by atoms with van der Waals surface area (Å²) in [4.78, 5) is 49.1. The molecule has 0 bridgehead atoms. The molecule has 0 heterocycles. The number of allylic oxidation sites excluding steroid dienone is 4. The second-order valence-electron chi connectivity index (χ2n) is 10.7. The van der Waals surface area contributed by atoms with Crippen LogP contribution in [0.1, 0.15) is 130 Å². The van der Waals surface area contributed by atoms with Gasteiger partial charge in [0.05, 0.1) is 0 Å². The number of unbranched alkanes of at least 4 members (excludes halogenated alkanes) is 4. The fraction of sp³-hybridized carbons (Fsp3) is 0.750. The second kappa shape index (κ2) is 35.3. The minimum Gasteiger partial charge on any atom is -0.854 e. The second-order valence-corrected chi connectivity index (χ2v) is 26.3. The zero-order valence-electron chi connectivity index (χ0n) is 29.0. The molecule has 252 valence electrons. The van der Waals surface area contributed by atoms with Crippen LogP contribution in [0.2, 0.25) is 0 Å². The molecule has 0 saturated carbocycles. The van der Waals surface area contributed by atoms with Gasteiger partial charge in [-0.25, -0.2) is 20.1 Å².